The molecule has 0 unspecified atom stereocenters. The Kier molecular flexibility index (Phi) is 7.32. The van der Waals surface area contributed by atoms with E-state index < -0.39 is 7.82 Å². The number of hydrogen-bond donors (Lipinski definition) is 3. The van der Waals surface area contributed by atoms with Gasteiger partial charge in [-0.05, 0) is 48.5 Å². The van der Waals surface area contributed by atoms with Gasteiger partial charge < -0.3 is 25.0 Å². The molecular weight excluding hydrogens is 361 g/mol. The lowest BCUT2D eigenvalue weighted by molar-refractivity contribution is 0.103. The SMILES string of the molecule is NCCOc1ccc(C(=O)c2ccc(OCCOP(=O)(O)O)cc2)cc1. The highest BCUT2D eigenvalue weighted by molar-refractivity contribution is 7.46. The predicted molar refractivity (Wildman–Crippen MR) is 94.4 cm³/mol. The Morgan fingerprint density at radius 1 is 0.846 bits per heavy atom. The molecule has 0 aliphatic carbocycles. The number of phosphoric acid groups is 1. The van der Waals surface area contributed by atoms with E-state index in [1.54, 1.807) is 48.5 Å². The van der Waals surface area contributed by atoms with Crippen LogP contribution in [0.2, 0.25) is 0 Å². The van der Waals surface area contributed by atoms with Crippen molar-refractivity contribution in [2.75, 3.05) is 26.4 Å². The van der Waals surface area contributed by atoms with E-state index >= 15 is 0 Å². The van der Waals surface area contributed by atoms with Crippen molar-refractivity contribution in [3.63, 3.8) is 0 Å². The quantitative estimate of drug-likeness (QED) is 0.323. The minimum absolute atomic E-state index is 0.0251. The van der Waals surface area contributed by atoms with Crippen LogP contribution in [0.5, 0.6) is 11.5 Å². The van der Waals surface area contributed by atoms with Crippen LogP contribution in [0.15, 0.2) is 48.5 Å². The van der Waals surface area contributed by atoms with Gasteiger partial charge in [0.15, 0.2) is 5.78 Å². The van der Waals surface area contributed by atoms with Crippen LogP contribution >= 0.6 is 7.82 Å². The Labute approximate surface area is 150 Å². The fourth-order valence-electron chi connectivity index (χ4n) is 2.06. The van der Waals surface area contributed by atoms with Crippen LogP contribution in [0.25, 0.3) is 0 Å². The molecule has 0 aliphatic rings. The maximum absolute atomic E-state index is 12.4. The Morgan fingerprint density at radius 3 is 1.73 bits per heavy atom. The van der Waals surface area contributed by atoms with Crippen molar-refractivity contribution in [2.24, 2.45) is 5.73 Å². The number of benzene rings is 2. The normalized spacial score (nSPS) is 11.2. The summed E-state index contributed by atoms with van der Waals surface area (Å²) in [6.07, 6.45) is 0. The first-order valence-electron chi connectivity index (χ1n) is 7.79. The molecule has 0 amide bonds. The number of nitrogens with two attached hydrogens (primary N) is 1. The molecule has 0 radical (unpaired) electrons. The Bertz CT molecular complexity index is 756. The predicted octanol–water partition coefficient (Wildman–Crippen LogP) is 1.74. The molecular formula is C17H20NO7P. The van der Waals surface area contributed by atoms with Gasteiger partial charge in [0.1, 0.15) is 24.7 Å². The summed E-state index contributed by atoms with van der Waals surface area (Å²) in [5.74, 6) is 0.960. The molecule has 4 N–H and O–H groups in total. The number of ether oxygens (including phenoxy) is 2. The summed E-state index contributed by atoms with van der Waals surface area (Å²) in [6.45, 7) is 0.556. The van der Waals surface area contributed by atoms with E-state index in [4.69, 9.17) is 25.0 Å². The number of phosphoric ester groups is 1. The van der Waals surface area contributed by atoms with E-state index in [9.17, 15) is 9.36 Å². The highest BCUT2D eigenvalue weighted by Gasteiger charge is 2.13. The second kappa shape index (κ2) is 9.47. The Balaban J connectivity index is 1.90. The van der Waals surface area contributed by atoms with Crippen molar-refractivity contribution >= 4 is 13.6 Å². The molecule has 0 heterocycles. The second-order valence-electron chi connectivity index (χ2n) is 5.19. The highest BCUT2D eigenvalue weighted by atomic mass is 31.2. The molecule has 0 spiro atoms. The number of ketones is 1. The van der Waals surface area contributed by atoms with Crippen molar-refractivity contribution < 1.29 is 33.1 Å². The summed E-state index contributed by atoms with van der Waals surface area (Å²) < 4.78 is 25.5. The lowest BCUT2D eigenvalue weighted by atomic mass is 10.0. The minimum atomic E-state index is -4.49. The number of carbonyl (C=O) groups excluding carboxylic acids is 1. The van der Waals surface area contributed by atoms with Gasteiger partial charge in [-0.1, -0.05) is 0 Å². The first-order valence-corrected chi connectivity index (χ1v) is 9.32. The van der Waals surface area contributed by atoms with Crippen LogP contribution in [0.3, 0.4) is 0 Å². The third-order valence-corrected chi connectivity index (χ3v) is 3.75. The molecule has 0 aromatic heterocycles. The van der Waals surface area contributed by atoms with E-state index in [1.807, 2.05) is 0 Å². The van der Waals surface area contributed by atoms with Crippen molar-refractivity contribution in [3.8, 4) is 11.5 Å². The van der Waals surface area contributed by atoms with Crippen molar-refractivity contribution in [1.29, 1.82) is 0 Å². The molecule has 0 bridgehead atoms. The van der Waals surface area contributed by atoms with E-state index in [1.165, 1.54) is 0 Å². The summed E-state index contributed by atoms with van der Waals surface area (Å²) in [5, 5.41) is 0. The van der Waals surface area contributed by atoms with Crippen LogP contribution in [0, 0.1) is 0 Å². The molecule has 0 fully saturated rings. The zero-order valence-corrected chi connectivity index (χ0v) is 14.8. The monoisotopic (exact) mass is 381 g/mol. The van der Waals surface area contributed by atoms with Crippen LogP contribution in [0.4, 0.5) is 0 Å². The number of hydrogen-bond acceptors (Lipinski definition) is 6. The fraction of sp³-hybridized carbons (Fsp3) is 0.235. The van der Waals surface area contributed by atoms with E-state index in [0.717, 1.165) is 0 Å². The third-order valence-electron chi connectivity index (χ3n) is 3.23. The molecule has 8 nitrogen and oxygen atoms in total. The summed E-state index contributed by atoms with van der Waals surface area (Å²) in [6, 6.07) is 13.2. The lowest BCUT2D eigenvalue weighted by Gasteiger charge is -2.09. The van der Waals surface area contributed by atoms with Gasteiger partial charge in [-0.25, -0.2) is 4.57 Å². The molecule has 0 saturated heterocycles. The van der Waals surface area contributed by atoms with Gasteiger partial charge in [0.2, 0.25) is 0 Å². The van der Waals surface area contributed by atoms with Gasteiger partial charge in [-0.3, -0.25) is 9.32 Å². The van der Waals surface area contributed by atoms with Crippen LogP contribution < -0.4 is 15.2 Å². The van der Waals surface area contributed by atoms with E-state index in [2.05, 4.69) is 4.52 Å². The molecule has 2 rings (SSSR count). The fourth-order valence-corrected chi connectivity index (χ4v) is 2.38. The van der Waals surface area contributed by atoms with Crippen LogP contribution in [-0.4, -0.2) is 41.9 Å². The van der Waals surface area contributed by atoms with Gasteiger partial charge in [0.05, 0.1) is 6.61 Å². The first kappa shape index (κ1) is 20.1. The summed E-state index contributed by atoms with van der Waals surface area (Å²) in [5.41, 5.74) is 6.38. The maximum Gasteiger partial charge on any atom is 0.469 e. The zero-order chi connectivity index (χ0) is 19.0. The molecule has 26 heavy (non-hydrogen) atoms. The van der Waals surface area contributed by atoms with Crippen LogP contribution in [-0.2, 0) is 9.09 Å². The van der Waals surface area contributed by atoms with Gasteiger partial charge >= 0.3 is 7.82 Å². The number of carbonyl (C=O) groups is 1. The Morgan fingerprint density at radius 2 is 1.31 bits per heavy atom. The summed E-state index contributed by atoms with van der Waals surface area (Å²) >= 11 is 0. The third kappa shape index (κ3) is 6.59. The summed E-state index contributed by atoms with van der Waals surface area (Å²) in [4.78, 5) is 29.6. The molecule has 0 saturated carbocycles. The van der Waals surface area contributed by atoms with Crippen molar-refractivity contribution in [3.05, 3.63) is 59.7 Å². The van der Waals surface area contributed by atoms with Crippen molar-refractivity contribution in [2.45, 2.75) is 0 Å². The summed E-state index contributed by atoms with van der Waals surface area (Å²) in [7, 11) is -4.49. The largest absolute Gasteiger partial charge is 0.492 e. The average Bonchev–Trinajstić information content (AvgIpc) is 2.63. The minimum Gasteiger partial charge on any atom is -0.492 e. The average molecular weight is 381 g/mol. The molecule has 0 atom stereocenters. The zero-order valence-electron chi connectivity index (χ0n) is 13.9. The van der Waals surface area contributed by atoms with Gasteiger partial charge in [0, 0.05) is 17.7 Å². The highest BCUT2D eigenvalue weighted by Crippen LogP contribution is 2.35. The second-order valence-corrected chi connectivity index (χ2v) is 6.43. The first-order chi connectivity index (χ1) is 12.4. The number of rotatable bonds is 10. The topological polar surface area (TPSA) is 128 Å². The molecule has 2 aromatic carbocycles. The van der Waals surface area contributed by atoms with Gasteiger partial charge in [-0.2, -0.15) is 0 Å². The molecule has 140 valence electrons. The van der Waals surface area contributed by atoms with Gasteiger partial charge in [0.25, 0.3) is 0 Å². The van der Waals surface area contributed by atoms with Crippen LogP contribution in [0.1, 0.15) is 15.9 Å². The lowest BCUT2D eigenvalue weighted by Crippen LogP contribution is -2.10. The maximum atomic E-state index is 12.4. The molecule has 2 aromatic rings. The smallest absolute Gasteiger partial charge is 0.469 e. The van der Waals surface area contributed by atoms with Crippen molar-refractivity contribution in [1.82, 2.24) is 0 Å². The van der Waals surface area contributed by atoms with E-state index in [0.29, 0.717) is 35.8 Å². The molecule has 9 heteroatoms. The molecule has 0 aliphatic heterocycles. The standard InChI is InChI=1S/C17H20NO7P/c18-9-10-23-15-5-1-13(2-6-15)17(19)14-3-7-16(8-4-14)24-11-12-25-26(20,21)22/h1-8H,9-12,18H2,(H2,20,21,22). The van der Waals surface area contributed by atoms with Gasteiger partial charge in [-0.15, -0.1) is 0 Å². The Hall–Kier alpha value is -2.22. The van der Waals surface area contributed by atoms with E-state index in [-0.39, 0.29) is 19.0 Å².